The van der Waals surface area contributed by atoms with E-state index in [1.54, 1.807) is 0 Å². The van der Waals surface area contributed by atoms with Crippen LogP contribution in [0, 0.1) is 0 Å². The van der Waals surface area contributed by atoms with Crippen LogP contribution >= 0.6 is 0 Å². The van der Waals surface area contributed by atoms with Crippen molar-refractivity contribution in [3.63, 3.8) is 0 Å². The molecule has 0 saturated carbocycles. The molecule has 0 radical (unpaired) electrons. The summed E-state index contributed by atoms with van der Waals surface area (Å²) in [5.41, 5.74) is 12.5. The number of anilines is 4. The van der Waals surface area contributed by atoms with Crippen LogP contribution in [0.3, 0.4) is 0 Å². The van der Waals surface area contributed by atoms with Crippen molar-refractivity contribution in [2.75, 3.05) is 67.2 Å². The first-order chi connectivity index (χ1) is 17.0. The van der Waals surface area contributed by atoms with Gasteiger partial charge in [0.1, 0.15) is 18.1 Å². The average molecular weight is 509 g/mol. The van der Waals surface area contributed by atoms with E-state index in [4.69, 9.17) is 16.2 Å². The molecule has 0 amide bonds. The van der Waals surface area contributed by atoms with Gasteiger partial charge in [0.05, 0.1) is 18.8 Å². The van der Waals surface area contributed by atoms with E-state index in [1.807, 2.05) is 23.6 Å². The molecule has 4 rings (SSSR count). The van der Waals surface area contributed by atoms with Gasteiger partial charge in [-0.15, -0.1) is 0 Å². The quantitative estimate of drug-likeness (QED) is 0.523. The highest BCUT2D eigenvalue weighted by molar-refractivity contribution is 5.80. The third kappa shape index (κ3) is 5.87. The van der Waals surface area contributed by atoms with Gasteiger partial charge < -0.3 is 36.2 Å². The summed E-state index contributed by atoms with van der Waals surface area (Å²) in [6, 6.07) is 0.125. The molecule has 1 unspecified atom stereocenters. The van der Waals surface area contributed by atoms with Crippen LogP contribution in [0.25, 0.3) is 11.4 Å². The van der Waals surface area contributed by atoms with Crippen molar-refractivity contribution < 1.29 is 17.9 Å². The number of piperazine rings is 1. The van der Waals surface area contributed by atoms with Gasteiger partial charge in [0.2, 0.25) is 5.95 Å². The summed E-state index contributed by atoms with van der Waals surface area (Å²) in [4.78, 5) is 21.7. The number of nitrogens with zero attached hydrogens (tertiary/aromatic N) is 7. The summed E-state index contributed by atoms with van der Waals surface area (Å²) in [6.07, 6.45) is -1.71. The molecule has 14 heteroatoms. The van der Waals surface area contributed by atoms with Crippen molar-refractivity contribution in [2.45, 2.75) is 32.1 Å². The maximum Gasteiger partial charge on any atom is 0.406 e. The molecule has 196 valence electrons. The highest BCUT2D eigenvalue weighted by atomic mass is 19.4. The summed E-state index contributed by atoms with van der Waals surface area (Å²) in [5, 5.41) is 3.37. The second-order valence-electron chi connectivity index (χ2n) is 9.03. The summed E-state index contributed by atoms with van der Waals surface area (Å²) >= 11 is 0. The maximum atomic E-state index is 13.9. The smallest absolute Gasteiger partial charge is 0.393 e. The topological polar surface area (TPSA) is 135 Å². The normalized spacial score (nSPS) is 20.9. The first-order valence-corrected chi connectivity index (χ1v) is 11.6. The third-order valence-corrected chi connectivity index (χ3v) is 5.97. The van der Waals surface area contributed by atoms with Crippen LogP contribution in [0.4, 0.5) is 36.4 Å². The molecule has 0 spiro atoms. The first-order valence-electron chi connectivity index (χ1n) is 11.6. The second kappa shape index (κ2) is 10.3. The fraction of sp³-hybridized carbons (Fsp3) is 0.545. The molecule has 11 nitrogen and oxygen atoms in total. The average Bonchev–Trinajstić information content (AvgIpc) is 2.82. The lowest BCUT2D eigenvalue weighted by Gasteiger charge is -2.42. The van der Waals surface area contributed by atoms with E-state index < -0.39 is 12.7 Å². The van der Waals surface area contributed by atoms with Crippen molar-refractivity contribution in [3.05, 3.63) is 24.8 Å². The number of nitrogens with two attached hydrogens (primary N) is 2. The molecular weight excluding hydrogens is 477 g/mol. The molecule has 2 aromatic heterocycles. The number of nitrogen functional groups attached to an aromatic ring is 2. The fourth-order valence-electron chi connectivity index (χ4n) is 4.43. The maximum absolute atomic E-state index is 13.9. The predicted molar refractivity (Wildman–Crippen MR) is 131 cm³/mol. The van der Waals surface area contributed by atoms with Gasteiger partial charge in [-0.1, -0.05) is 6.58 Å². The molecule has 0 aliphatic carbocycles. The number of ether oxygens (including phenoxy) is 1. The highest BCUT2D eigenvalue weighted by Gasteiger charge is 2.37. The molecule has 2 saturated heterocycles. The third-order valence-electron chi connectivity index (χ3n) is 5.97. The minimum absolute atomic E-state index is 0.0265. The van der Waals surface area contributed by atoms with Crippen LogP contribution in [0.15, 0.2) is 24.8 Å². The van der Waals surface area contributed by atoms with E-state index in [0.717, 1.165) is 4.90 Å². The Labute approximate surface area is 207 Å². The Morgan fingerprint density at radius 1 is 1.14 bits per heavy atom. The zero-order valence-corrected chi connectivity index (χ0v) is 20.3. The standard InChI is InChI=1S/C22H31F3N10O/c1-13-10-34(11-14(2)30-13)15(3)35(12-22(23,24)25)20-17(26)19(33-4-6-36-7-5-33)31-18(32-20)16-8-28-21(27)29-9-16/h8-9,13-14,30H,3-7,10-12,26H2,1-2H3,(H2,27,28,29)/t13-,14?/m1/s1. The van der Waals surface area contributed by atoms with E-state index in [9.17, 15) is 13.2 Å². The summed E-state index contributed by atoms with van der Waals surface area (Å²) in [5.74, 6) is 0.571. The van der Waals surface area contributed by atoms with Gasteiger partial charge in [-0.3, -0.25) is 0 Å². The monoisotopic (exact) mass is 508 g/mol. The van der Waals surface area contributed by atoms with Crippen LogP contribution in [-0.4, -0.2) is 89.0 Å². The van der Waals surface area contributed by atoms with Crippen LogP contribution in [0.5, 0.6) is 0 Å². The SMILES string of the molecule is C=C(N1CC(C)N[C@H](C)C1)N(CC(F)(F)F)c1nc(-c2cnc(N)nc2)nc(N2CCOCC2)c1N. The van der Waals surface area contributed by atoms with Crippen LogP contribution < -0.4 is 26.6 Å². The number of rotatable bonds is 6. The molecule has 4 heterocycles. The Morgan fingerprint density at radius 2 is 1.75 bits per heavy atom. The van der Waals surface area contributed by atoms with Gasteiger partial charge in [0.15, 0.2) is 17.5 Å². The van der Waals surface area contributed by atoms with Crippen molar-refractivity contribution in [1.29, 1.82) is 0 Å². The summed E-state index contributed by atoms with van der Waals surface area (Å²) in [6.45, 7) is 9.46. The highest BCUT2D eigenvalue weighted by Crippen LogP contribution is 2.37. The van der Waals surface area contributed by atoms with Gasteiger partial charge in [0, 0.05) is 50.7 Å². The zero-order valence-electron chi connectivity index (χ0n) is 20.3. The number of hydrogen-bond donors (Lipinski definition) is 3. The van der Waals surface area contributed by atoms with E-state index >= 15 is 0 Å². The van der Waals surface area contributed by atoms with Gasteiger partial charge in [0.25, 0.3) is 0 Å². The molecule has 0 bridgehead atoms. The molecule has 2 aliphatic rings. The molecule has 2 fully saturated rings. The first kappa shape index (κ1) is 25.7. The second-order valence-corrected chi connectivity index (χ2v) is 9.03. The Bertz CT molecular complexity index is 1060. The number of morpholine rings is 1. The lowest BCUT2D eigenvalue weighted by molar-refractivity contribution is -0.119. The summed E-state index contributed by atoms with van der Waals surface area (Å²) < 4.78 is 47.0. The van der Waals surface area contributed by atoms with E-state index in [1.165, 1.54) is 12.4 Å². The molecule has 5 N–H and O–H groups in total. The lowest BCUT2D eigenvalue weighted by atomic mass is 10.1. The van der Waals surface area contributed by atoms with Gasteiger partial charge in [-0.2, -0.15) is 13.2 Å². The fourth-order valence-corrected chi connectivity index (χ4v) is 4.43. The van der Waals surface area contributed by atoms with Crippen molar-refractivity contribution >= 4 is 23.3 Å². The Kier molecular flexibility index (Phi) is 7.36. The molecule has 36 heavy (non-hydrogen) atoms. The molecule has 2 atom stereocenters. The van der Waals surface area contributed by atoms with E-state index in [0.29, 0.717) is 50.8 Å². The van der Waals surface area contributed by atoms with Gasteiger partial charge in [-0.05, 0) is 13.8 Å². The molecule has 2 aromatic rings. The van der Waals surface area contributed by atoms with Crippen LogP contribution in [0.1, 0.15) is 13.8 Å². The van der Waals surface area contributed by atoms with Gasteiger partial charge in [-0.25, -0.2) is 19.9 Å². The zero-order chi connectivity index (χ0) is 26.0. The number of nitrogens with one attached hydrogen (secondary N) is 1. The number of aromatic nitrogens is 4. The lowest BCUT2D eigenvalue weighted by Crippen LogP contribution is -2.56. The minimum Gasteiger partial charge on any atom is -0.393 e. The Balaban J connectivity index is 1.83. The number of alkyl halides is 3. The van der Waals surface area contributed by atoms with E-state index in [2.05, 4.69) is 31.8 Å². The Hall–Kier alpha value is -3.39. The van der Waals surface area contributed by atoms with Gasteiger partial charge >= 0.3 is 6.18 Å². The number of halogens is 3. The van der Waals surface area contributed by atoms with Crippen molar-refractivity contribution in [3.8, 4) is 11.4 Å². The minimum atomic E-state index is -4.55. The predicted octanol–water partition coefficient (Wildman–Crippen LogP) is 1.46. The van der Waals surface area contributed by atoms with E-state index in [-0.39, 0.29) is 41.2 Å². The molecule has 0 aromatic carbocycles. The Morgan fingerprint density at radius 3 is 2.33 bits per heavy atom. The van der Waals surface area contributed by atoms with Crippen molar-refractivity contribution in [2.24, 2.45) is 0 Å². The largest absolute Gasteiger partial charge is 0.406 e. The number of hydrogen-bond acceptors (Lipinski definition) is 11. The summed E-state index contributed by atoms with van der Waals surface area (Å²) in [7, 11) is 0. The van der Waals surface area contributed by atoms with Crippen LogP contribution in [-0.2, 0) is 4.74 Å². The molecule has 2 aliphatic heterocycles. The molecular formula is C22H31F3N10O. The van der Waals surface area contributed by atoms with Crippen molar-refractivity contribution in [1.82, 2.24) is 30.2 Å². The van der Waals surface area contributed by atoms with Crippen LogP contribution in [0.2, 0.25) is 0 Å².